The number of benzene rings is 1. The Kier molecular flexibility index (Phi) is 8.83. The number of thiazole rings is 1. The maximum Gasteiger partial charge on any atom is 0.265 e. The molecule has 2 saturated heterocycles. The number of carbonyl (C=O) groups is 2. The van der Waals surface area contributed by atoms with Crippen molar-refractivity contribution in [2.24, 2.45) is 11.8 Å². The van der Waals surface area contributed by atoms with Crippen LogP contribution in [0.25, 0.3) is 21.6 Å². The molecule has 51 heavy (non-hydrogen) atoms. The summed E-state index contributed by atoms with van der Waals surface area (Å²) in [5, 5.41) is 13.0. The normalized spacial score (nSPS) is 20.5. The predicted octanol–water partition coefficient (Wildman–Crippen LogP) is 5.04. The fourth-order valence-corrected chi connectivity index (χ4v) is 8.75. The maximum absolute atomic E-state index is 14.2. The van der Waals surface area contributed by atoms with E-state index in [9.17, 15) is 19.5 Å². The number of nitrogens with zero attached hydrogens (tertiary/aromatic N) is 7. The van der Waals surface area contributed by atoms with Crippen LogP contribution in [0.4, 0.5) is 0 Å². The quantitative estimate of drug-likeness (QED) is 0.240. The summed E-state index contributed by atoms with van der Waals surface area (Å²) < 4.78 is 3.58. The Hall–Kier alpha value is -4.68. The second-order valence-electron chi connectivity index (χ2n) is 14.7. The molecule has 4 aromatic heterocycles. The Labute approximate surface area is 300 Å². The van der Waals surface area contributed by atoms with Gasteiger partial charge in [-0.05, 0) is 75.6 Å². The summed E-state index contributed by atoms with van der Waals surface area (Å²) in [4.78, 5) is 59.6. The Bertz CT molecular complexity index is 2130. The molecule has 11 nitrogen and oxygen atoms in total. The molecule has 3 aliphatic rings. The number of pyridine rings is 1. The lowest BCUT2D eigenvalue weighted by atomic mass is 9.79. The average Bonchev–Trinajstić information content (AvgIpc) is 3.75. The van der Waals surface area contributed by atoms with E-state index >= 15 is 0 Å². The zero-order chi connectivity index (χ0) is 35.3. The van der Waals surface area contributed by atoms with Crippen LogP contribution in [0.2, 0.25) is 0 Å². The summed E-state index contributed by atoms with van der Waals surface area (Å²) in [5.41, 5.74) is 2.96. The molecular formula is C39H43N7O4S. The Morgan fingerprint density at radius 3 is 2.45 bits per heavy atom. The molecule has 2 amide bonds. The van der Waals surface area contributed by atoms with Crippen LogP contribution in [0.15, 0.2) is 72.0 Å². The first-order chi connectivity index (χ1) is 24.7. The molecule has 5 aromatic rings. The van der Waals surface area contributed by atoms with Crippen molar-refractivity contribution in [1.29, 1.82) is 0 Å². The molecule has 1 aliphatic carbocycles. The van der Waals surface area contributed by atoms with Gasteiger partial charge in [-0.1, -0.05) is 30.3 Å². The van der Waals surface area contributed by atoms with Crippen molar-refractivity contribution in [1.82, 2.24) is 33.9 Å². The SMILES string of the molecule is Cc1ccc(-c2nc(C)c(C(=O)N3CC[C@@H](C(=O)N4CCC(O)(Cn5cnc6c(ccn6CC6CC6)c5=O)CC4)[C@H](c4ccccc4)C3)s2)cn1. The van der Waals surface area contributed by atoms with Crippen LogP contribution in [-0.2, 0) is 17.9 Å². The number of piperidine rings is 2. The summed E-state index contributed by atoms with van der Waals surface area (Å²) in [7, 11) is 0. The van der Waals surface area contributed by atoms with Crippen LogP contribution in [-0.4, -0.2) is 82.6 Å². The van der Waals surface area contributed by atoms with Gasteiger partial charge in [0.05, 0.1) is 23.2 Å². The van der Waals surface area contributed by atoms with Crippen LogP contribution >= 0.6 is 11.3 Å². The molecule has 6 heterocycles. The lowest BCUT2D eigenvalue weighted by Crippen LogP contribution is -2.53. The second kappa shape index (κ2) is 13.5. The van der Waals surface area contributed by atoms with Gasteiger partial charge in [-0.2, -0.15) is 0 Å². The third-order valence-electron chi connectivity index (χ3n) is 11.0. The number of carbonyl (C=O) groups excluding carboxylic acids is 2. The Morgan fingerprint density at radius 2 is 1.73 bits per heavy atom. The van der Waals surface area contributed by atoms with Crippen molar-refractivity contribution in [3.63, 3.8) is 0 Å². The van der Waals surface area contributed by atoms with E-state index in [2.05, 4.69) is 14.5 Å². The van der Waals surface area contributed by atoms with E-state index in [1.54, 1.807) is 12.5 Å². The molecule has 8 rings (SSSR count). The number of hydrogen-bond donors (Lipinski definition) is 1. The number of hydrogen-bond acceptors (Lipinski definition) is 8. The third-order valence-corrected chi connectivity index (χ3v) is 12.2. The number of aryl methyl sites for hydroxylation is 2. The van der Waals surface area contributed by atoms with Crippen LogP contribution < -0.4 is 5.56 Å². The van der Waals surface area contributed by atoms with E-state index in [-0.39, 0.29) is 35.8 Å². The standard InChI is InChI=1S/C39H43N7O4S/c1-25-8-11-29(20-40-25)35-42-26(2)33(51-35)38(49)45-17-12-30(32(22-45)28-6-4-3-5-7-28)36(47)43-18-14-39(50,15-19-43)23-46-24-41-34-31(37(46)48)13-16-44(34)21-27-9-10-27/h3-8,11,13,16,20,24,27,30,32,50H,9-10,12,14-15,17-19,21-23H2,1-2H3/t30-,32+/m1/s1. The first-order valence-corrected chi connectivity index (χ1v) is 18.8. The van der Waals surface area contributed by atoms with E-state index in [0.717, 1.165) is 28.4 Å². The molecule has 0 unspecified atom stereocenters. The van der Waals surface area contributed by atoms with Gasteiger partial charge in [0, 0.05) is 68.2 Å². The van der Waals surface area contributed by atoms with Crippen LogP contribution in [0, 0.1) is 25.7 Å². The fraction of sp³-hybridized carbons (Fsp3) is 0.436. The average molecular weight is 706 g/mol. The van der Waals surface area contributed by atoms with Gasteiger partial charge in [-0.3, -0.25) is 23.9 Å². The Balaban J connectivity index is 0.948. The fourth-order valence-electron chi connectivity index (χ4n) is 7.72. The first-order valence-electron chi connectivity index (χ1n) is 18.0. The van der Waals surface area contributed by atoms with Gasteiger partial charge in [0.25, 0.3) is 11.5 Å². The molecular weight excluding hydrogens is 663 g/mol. The second-order valence-corrected chi connectivity index (χ2v) is 15.7. The van der Waals surface area contributed by atoms with Gasteiger partial charge in [0.1, 0.15) is 21.9 Å². The molecule has 264 valence electrons. The zero-order valence-electron chi connectivity index (χ0n) is 29.1. The predicted molar refractivity (Wildman–Crippen MR) is 195 cm³/mol. The minimum atomic E-state index is -1.12. The number of rotatable bonds is 8. The van der Waals surface area contributed by atoms with E-state index in [0.29, 0.717) is 73.0 Å². The molecule has 12 heteroatoms. The summed E-state index contributed by atoms with van der Waals surface area (Å²) in [6.07, 6.45) is 8.98. The van der Waals surface area contributed by atoms with E-state index in [1.165, 1.54) is 28.7 Å². The molecule has 1 aromatic carbocycles. The van der Waals surface area contributed by atoms with Crippen LogP contribution in [0.3, 0.4) is 0 Å². The van der Waals surface area contributed by atoms with Gasteiger partial charge >= 0.3 is 0 Å². The molecule has 2 aliphatic heterocycles. The van der Waals surface area contributed by atoms with Gasteiger partial charge in [-0.15, -0.1) is 11.3 Å². The monoisotopic (exact) mass is 705 g/mol. The molecule has 1 saturated carbocycles. The molecule has 0 spiro atoms. The van der Waals surface area contributed by atoms with E-state index in [4.69, 9.17) is 4.98 Å². The topological polar surface area (TPSA) is 126 Å². The minimum Gasteiger partial charge on any atom is -0.388 e. The minimum absolute atomic E-state index is 0.0541. The number of fused-ring (bicyclic) bond motifs is 1. The summed E-state index contributed by atoms with van der Waals surface area (Å²) in [6.45, 7) is 6.52. The number of aromatic nitrogens is 5. The van der Waals surface area contributed by atoms with Gasteiger partial charge in [0.2, 0.25) is 5.91 Å². The summed E-state index contributed by atoms with van der Waals surface area (Å²) in [5.74, 6) is 0.191. The van der Waals surface area contributed by atoms with Crippen molar-refractivity contribution in [3.8, 4) is 10.6 Å². The van der Waals surface area contributed by atoms with Crippen LogP contribution in [0.5, 0.6) is 0 Å². The molecule has 0 radical (unpaired) electrons. The number of amides is 2. The Morgan fingerprint density at radius 1 is 0.941 bits per heavy atom. The molecule has 0 bridgehead atoms. The first kappa shape index (κ1) is 33.5. The van der Waals surface area contributed by atoms with Crippen molar-refractivity contribution >= 4 is 34.2 Å². The summed E-state index contributed by atoms with van der Waals surface area (Å²) >= 11 is 1.39. The van der Waals surface area contributed by atoms with Crippen molar-refractivity contribution < 1.29 is 14.7 Å². The highest BCUT2D eigenvalue weighted by Crippen LogP contribution is 2.37. The van der Waals surface area contributed by atoms with Gasteiger partial charge < -0.3 is 19.5 Å². The van der Waals surface area contributed by atoms with Crippen molar-refractivity contribution in [3.05, 3.63) is 99.4 Å². The van der Waals surface area contributed by atoms with Gasteiger partial charge in [0.15, 0.2) is 0 Å². The van der Waals surface area contributed by atoms with Gasteiger partial charge in [-0.25, -0.2) is 9.97 Å². The smallest absolute Gasteiger partial charge is 0.265 e. The number of aliphatic hydroxyl groups is 1. The van der Waals surface area contributed by atoms with Crippen molar-refractivity contribution in [2.45, 2.75) is 70.6 Å². The lowest BCUT2D eigenvalue weighted by Gasteiger charge is -2.43. The van der Waals surface area contributed by atoms with Crippen molar-refractivity contribution in [2.75, 3.05) is 26.2 Å². The third kappa shape index (κ3) is 6.74. The highest BCUT2D eigenvalue weighted by molar-refractivity contribution is 7.17. The van der Waals surface area contributed by atoms with E-state index < -0.39 is 5.60 Å². The van der Waals surface area contributed by atoms with Crippen LogP contribution in [0.1, 0.15) is 64.6 Å². The molecule has 1 N–H and O–H groups in total. The molecule has 2 atom stereocenters. The maximum atomic E-state index is 14.2. The molecule has 3 fully saturated rings. The zero-order valence-corrected chi connectivity index (χ0v) is 29.9. The largest absolute Gasteiger partial charge is 0.388 e. The number of likely N-dealkylation sites (tertiary alicyclic amines) is 2. The lowest BCUT2D eigenvalue weighted by molar-refractivity contribution is -0.142. The van der Waals surface area contributed by atoms with E-state index in [1.807, 2.05) is 78.4 Å². The highest BCUT2D eigenvalue weighted by atomic mass is 32.1. The summed E-state index contributed by atoms with van der Waals surface area (Å²) in [6, 6.07) is 15.7. The highest BCUT2D eigenvalue weighted by Gasteiger charge is 2.42.